The van der Waals surface area contributed by atoms with Crippen LogP contribution in [0, 0.1) is 0 Å². The van der Waals surface area contributed by atoms with Gasteiger partial charge in [0, 0.05) is 12.4 Å². The smallest absolute Gasteiger partial charge is 0.0807 e. The highest BCUT2D eigenvalue weighted by Gasteiger charge is 1.83. The predicted molar refractivity (Wildman–Crippen MR) is 55.7 cm³/mol. The Morgan fingerprint density at radius 3 is 2.85 bits per heavy atom. The van der Waals surface area contributed by atoms with Crippen LogP contribution in [0.2, 0.25) is 0 Å². The van der Waals surface area contributed by atoms with Gasteiger partial charge in [0.05, 0.1) is 18.8 Å². The topological polar surface area (TPSA) is 37.6 Å². The molecule has 3 heteroatoms. The summed E-state index contributed by atoms with van der Waals surface area (Å²) < 4.78 is 0. The van der Waals surface area contributed by atoms with Gasteiger partial charge in [-0.2, -0.15) is 0 Å². The first-order chi connectivity index (χ1) is 6.43. The van der Waals surface area contributed by atoms with Crippen LogP contribution in [-0.4, -0.2) is 30.5 Å². The van der Waals surface area contributed by atoms with E-state index in [1.165, 1.54) is 0 Å². The number of pyridine rings is 1. The molecule has 0 bridgehead atoms. The molecule has 0 aliphatic rings. The standard InChI is InChI=1S/C10H13N3/c1-2-11-7-8-12-9-10-5-3-4-6-13-10/h2-6,9H,7-8H2,1H3. The Morgan fingerprint density at radius 1 is 1.31 bits per heavy atom. The van der Waals surface area contributed by atoms with Crippen LogP contribution in [0.4, 0.5) is 0 Å². The van der Waals surface area contributed by atoms with Crippen LogP contribution < -0.4 is 0 Å². The summed E-state index contributed by atoms with van der Waals surface area (Å²) in [5.74, 6) is 0. The minimum atomic E-state index is 0.723. The quantitative estimate of drug-likeness (QED) is 0.506. The van der Waals surface area contributed by atoms with Crippen LogP contribution in [0.15, 0.2) is 34.4 Å². The fourth-order valence-corrected chi connectivity index (χ4v) is 0.855. The molecule has 68 valence electrons. The average molecular weight is 175 g/mol. The SMILES string of the molecule is CC=NCCN=Cc1ccccn1. The van der Waals surface area contributed by atoms with Gasteiger partial charge >= 0.3 is 0 Å². The third kappa shape index (κ3) is 4.15. The van der Waals surface area contributed by atoms with Gasteiger partial charge in [-0.1, -0.05) is 6.07 Å². The van der Waals surface area contributed by atoms with Crippen LogP contribution in [0.5, 0.6) is 0 Å². The Morgan fingerprint density at radius 2 is 2.15 bits per heavy atom. The molecule has 0 saturated carbocycles. The van der Waals surface area contributed by atoms with E-state index in [4.69, 9.17) is 0 Å². The van der Waals surface area contributed by atoms with Gasteiger partial charge in [0.15, 0.2) is 0 Å². The molecule has 0 aliphatic carbocycles. The van der Waals surface area contributed by atoms with Gasteiger partial charge in [0.25, 0.3) is 0 Å². The van der Waals surface area contributed by atoms with Crippen molar-refractivity contribution < 1.29 is 0 Å². The molecule has 0 amide bonds. The predicted octanol–water partition coefficient (Wildman–Crippen LogP) is 1.59. The van der Waals surface area contributed by atoms with E-state index in [0.29, 0.717) is 0 Å². The Labute approximate surface area is 78.3 Å². The third-order valence-electron chi connectivity index (χ3n) is 1.45. The molecule has 1 aromatic rings. The maximum atomic E-state index is 4.18. The lowest BCUT2D eigenvalue weighted by Crippen LogP contribution is -1.90. The molecule has 0 N–H and O–H groups in total. The Bertz CT molecular complexity index is 277. The summed E-state index contributed by atoms with van der Waals surface area (Å²) in [6.45, 7) is 3.38. The summed E-state index contributed by atoms with van der Waals surface area (Å²) in [7, 11) is 0. The molecule has 0 radical (unpaired) electrons. The van der Waals surface area contributed by atoms with Gasteiger partial charge in [-0.15, -0.1) is 0 Å². The van der Waals surface area contributed by atoms with Crippen molar-refractivity contribution in [2.45, 2.75) is 6.92 Å². The summed E-state index contributed by atoms with van der Waals surface area (Å²) in [5.41, 5.74) is 0.892. The van der Waals surface area contributed by atoms with E-state index in [9.17, 15) is 0 Å². The zero-order chi connectivity index (χ0) is 9.36. The van der Waals surface area contributed by atoms with Gasteiger partial charge in [-0.25, -0.2) is 0 Å². The molecule has 13 heavy (non-hydrogen) atoms. The molecule has 3 nitrogen and oxygen atoms in total. The third-order valence-corrected chi connectivity index (χ3v) is 1.45. The first kappa shape index (κ1) is 9.58. The van der Waals surface area contributed by atoms with Crippen LogP contribution in [0.1, 0.15) is 12.6 Å². The second kappa shape index (κ2) is 6.06. The molecule has 0 atom stereocenters. The average Bonchev–Trinajstić information content (AvgIpc) is 2.19. The van der Waals surface area contributed by atoms with Crippen molar-refractivity contribution in [3.63, 3.8) is 0 Å². The van der Waals surface area contributed by atoms with Gasteiger partial charge in [-0.3, -0.25) is 15.0 Å². The van der Waals surface area contributed by atoms with E-state index >= 15 is 0 Å². The van der Waals surface area contributed by atoms with Crippen LogP contribution in [0.3, 0.4) is 0 Å². The van der Waals surface area contributed by atoms with Gasteiger partial charge < -0.3 is 0 Å². The van der Waals surface area contributed by atoms with E-state index in [0.717, 1.165) is 18.8 Å². The minimum Gasteiger partial charge on any atom is -0.296 e. The van der Waals surface area contributed by atoms with Gasteiger partial charge in [0.2, 0.25) is 0 Å². The molecular weight excluding hydrogens is 162 g/mol. The minimum absolute atomic E-state index is 0.723. The van der Waals surface area contributed by atoms with E-state index in [1.54, 1.807) is 18.6 Å². The number of rotatable bonds is 4. The van der Waals surface area contributed by atoms with Crippen molar-refractivity contribution in [3.05, 3.63) is 30.1 Å². The lowest BCUT2D eigenvalue weighted by Gasteiger charge is -1.89. The summed E-state index contributed by atoms with van der Waals surface area (Å²) >= 11 is 0. The molecule has 0 spiro atoms. The molecule has 0 aromatic carbocycles. The van der Waals surface area contributed by atoms with Crippen molar-refractivity contribution in [1.82, 2.24) is 4.98 Å². The molecule has 0 saturated heterocycles. The molecule has 0 unspecified atom stereocenters. The number of hydrogen-bond acceptors (Lipinski definition) is 3. The molecule has 1 heterocycles. The largest absolute Gasteiger partial charge is 0.296 e. The number of aliphatic imine (C=N–C) groups is 2. The Kier molecular flexibility index (Phi) is 4.46. The molecular formula is C10H13N3. The Hall–Kier alpha value is -1.51. The highest BCUT2D eigenvalue weighted by atomic mass is 14.8. The number of aromatic nitrogens is 1. The Balaban J connectivity index is 2.32. The van der Waals surface area contributed by atoms with Crippen LogP contribution >= 0.6 is 0 Å². The van der Waals surface area contributed by atoms with Crippen molar-refractivity contribution in [3.8, 4) is 0 Å². The zero-order valence-electron chi connectivity index (χ0n) is 7.72. The summed E-state index contributed by atoms with van der Waals surface area (Å²) in [4.78, 5) is 12.3. The monoisotopic (exact) mass is 175 g/mol. The summed E-state index contributed by atoms with van der Waals surface area (Å²) in [6, 6.07) is 5.75. The second-order valence-corrected chi connectivity index (χ2v) is 2.45. The lowest BCUT2D eigenvalue weighted by molar-refractivity contribution is 0.983. The maximum absolute atomic E-state index is 4.18. The van der Waals surface area contributed by atoms with Crippen LogP contribution in [-0.2, 0) is 0 Å². The van der Waals surface area contributed by atoms with Crippen LogP contribution in [0.25, 0.3) is 0 Å². The highest BCUT2D eigenvalue weighted by Crippen LogP contribution is 1.88. The van der Waals surface area contributed by atoms with E-state index in [2.05, 4.69) is 15.0 Å². The zero-order valence-corrected chi connectivity index (χ0v) is 7.72. The lowest BCUT2D eigenvalue weighted by atomic mass is 10.4. The maximum Gasteiger partial charge on any atom is 0.0807 e. The number of hydrogen-bond donors (Lipinski definition) is 0. The normalized spacial score (nSPS) is 11.5. The first-order valence-corrected chi connectivity index (χ1v) is 4.29. The fourth-order valence-electron chi connectivity index (χ4n) is 0.855. The van der Waals surface area contributed by atoms with Crippen molar-refractivity contribution in [1.29, 1.82) is 0 Å². The summed E-state index contributed by atoms with van der Waals surface area (Å²) in [5, 5.41) is 0. The first-order valence-electron chi connectivity index (χ1n) is 4.29. The summed E-state index contributed by atoms with van der Waals surface area (Å²) in [6.07, 6.45) is 5.31. The van der Waals surface area contributed by atoms with E-state index in [-0.39, 0.29) is 0 Å². The molecule has 1 rings (SSSR count). The van der Waals surface area contributed by atoms with E-state index < -0.39 is 0 Å². The van der Waals surface area contributed by atoms with Crippen molar-refractivity contribution in [2.75, 3.05) is 13.1 Å². The highest BCUT2D eigenvalue weighted by molar-refractivity contribution is 5.76. The van der Waals surface area contributed by atoms with E-state index in [1.807, 2.05) is 25.1 Å². The van der Waals surface area contributed by atoms with Crippen molar-refractivity contribution >= 4 is 12.4 Å². The molecule has 0 fully saturated rings. The second-order valence-electron chi connectivity index (χ2n) is 2.45. The number of nitrogens with zero attached hydrogens (tertiary/aromatic N) is 3. The van der Waals surface area contributed by atoms with Gasteiger partial charge in [0.1, 0.15) is 0 Å². The van der Waals surface area contributed by atoms with Gasteiger partial charge in [-0.05, 0) is 25.3 Å². The molecule has 1 aromatic heterocycles. The molecule has 0 aliphatic heterocycles. The fraction of sp³-hybridized carbons (Fsp3) is 0.300. The van der Waals surface area contributed by atoms with Crippen molar-refractivity contribution in [2.24, 2.45) is 9.98 Å².